The van der Waals surface area contributed by atoms with Crippen molar-refractivity contribution in [3.8, 4) is 11.1 Å². The number of benzene rings is 1. The van der Waals surface area contributed by atoms with E-state index in [4.69, 9.17) is 0 Å². The van der Waals surface area contributed by atoms with Crippen LogP contribution in [0.15, 0.2) is 66.1 Å². The van der Waals surface area contributed by atoms with Crippen LogP contribution in [0.4, 0.5) is 14.6 Å². The van der Waals surface area contributed by atoms with Gasteiger partial charge in [-0.25, -0.2) is 23.7 Å². The van der Waals surface area contributed by atoms with Gasteiger partial charge in [-0.2, -0.15) is 0 Å². The average Bonchev–Trinajstić information content (AvgIpc) is 3.27. The third-order valence-electron chi connectivity index (χ3n) is 5.27. The highest BCUT2D eigenvalue weighted by Crippen LogP contribution is 2.24. The van der Waals surface area contributed by atoms with E-state index >= 15 is 0 Å². The zero-order chi connectivity index (χ0) is 22.1. The first-order valence-corrected chi connectivity index (χ1v) is 10.1. The summed E-state index contributed by atoms with van der Waals surface area (Å²) in [7, 11) is 0. The van der Waals surface area contributed by atoms with Gasteiger partial charge in [0.2, 0.25) is 0 Å². The van der Waals surface area contributed by atoms with Crippen LogP contribution < -0.4 is 10.9 Å². The fourth-order valence-corrected chi connectivity index (χ4v) is 3.82. The van der Waals surface area contributed by atoms with Crippen molar-refractivity contribution in [2.45, 2.75) is 12.8 Å². The lowest BCUT2D eigenvalue weighted by atomic mass is 9.97. The number of imidazole rings is 1. The number of aromatic nitrogens is 5. The molecule has 32 heavy (non-hydrogen) atoms. The van der Waals surface area contributed by atoms with Crippen molar-refractivity contribution in [3.05, 3.63) is 88.9 Å². The second kappa shape index (κ2) is 8.18. The molecule has 0 saturated heterocycles. The number of aryl methyl sites for hydroxylation is 1. The van der Waals surface area contributed by atoms with Crippen LogP contribution in [0, 0.1) is 11.6 Å². The maximum Gasteiger partial charge on any atom is 0.263 e. The summed E-state index contributed by atoms with van der Waals surface area (Å²) in [6.45, 7) is 0.574. The van der Waals surface area contributed by atoms with Gasteiger partial charge < -0.3 is 10.3 Å². The summed E-state index contributed by atoms with van der Waals surface area (Å²) in [4.78, 5) is 28.7. The Morgan fingerprint density at radius 1 is 1.03 bits per heavy atom. The molecule has 1 aromatic carbocycles. The third kappa shape index (κ3) is 3.68. The van der Waals surface area contributed by atoms with Gasteiger partial charge in [-0.15, -0.1) is 0 Å². The Kier molecular flexibility index (Phi) is 5.06. The standard InChI is InChI=1S/C23H18F2N6O/c24-16-5-1-3-14(9-16)19-15(10-18-7-6-17(25)11-31(18)23(19)32)4-2-8-26-21-20-22(28-12-27-20)30-13-29-21/h1,3,5-7,9-13H,2,4,8H2,(H2,26,27,28,29,30). The molecule has 0 fully saturated rings. The van der Waals surface area contributed by atoms with Crippen LogP contribution in [0.3, 0.4) is 0 Å². The third-order valence-corrected chi connectivity index (χ3v) is 5.27. The number of rotatable bonds is 6. The van der Waals surface area contributed by atoms with Crippen molar-refractivity contribution in [2.75, 3.05) is 11.9 Å². The minimum absolute atomic E-state index is 0.365. The van der Waals surface area contributed by atoms with Crippen LogP contribution in [-0.4, -0.2) is 30.9 Å². The topological polar surface area (TPSA) is 88.0 Å². The number of anilines is 1. The molecule has 5 aromatic rings. The number of nitrogens with one attached hydrogen (secondary N) is 2. The number of hydrogen-bond donors (Lipinski definition) is 2. The van der Waals surface area contributed by atoms with Crippen LogP contribution in [0.25, 0.3) is 27.8 Å². The number of pyridine rings is 2. The van der Waals surface area contributed by atoms with Crippen LogP contribution >= 0.6 is 0 Å². The van der Waals surface area contributed by atoms with Crippen molar-refractivity contribution in [1.29, 1.82) is 0 Å². The predicted octanol–water partition coefficient (Wildman–Crippen LogP) is 3.96. The maximum atomic E-state index is 13.9. The Labute approximate surface area is 180 Å². The summed E-state index contributed by atoms with van der Waals surface area (Å²) in [6.07, 6.45) is 5.39. The Balaban J connectivity index is 1.46. The second-order valence-corrected chi connectivity index (χ2v) is 7.35. The van der Waals surface area contributed by atoms with Gasteiger partial charge in [0.1, 0.15) is 23.5 Å². The summed E-state index contributed by atoms with van der Waals surface area (Å²) in [5, 5.41) is 3.25. The molecule has 0 unspecified atom stereocenters. The van der Waals surface area contributed by atoms with E-state index in [2.05, 4.69) is 25.3 Å². The predicted molar refractivity (Wildman–Crippen MR) is 118 cm³/mol. The Bertz CT molecular complexity index is 1490. The van der Waals surface area contributed by atoms with E-state index in [9.17, 15) is 13.6 Å². The van der Waals surface area contributed by atoms with E-state index in [1.807, 2.05) is 6.07 Å². The van der Waals surface area contributed by atoms with Crippen LogP contribution in [-0.2, 0) is 6.42 Å². The van der Waals surface area contributed by atoms with Crippen molar-refractivity contribution in [3.63, 3.8) is 0 Å². The van der Waals surface area contributed by atoms with Crippen LogP contribution in [0.2, 0.25) is 0 Å². The molecule has 5 rings (SSSR count). The van der Waals surface area contributed by atoms with Gasteiger partial charge >= 0.3 is 0 Å². The van der Waals surface area contributed by atoms with E-state index in [1.54, 1.807) is 24.5 Å². The molecule has 0 bridgehead atoms. The Morgan fingerprint density at radius 2 is 1.94 bits per heavy atom. The van der Waals surface area contributed by atoms with Crippen molar-refractivity contribution >= 4 is 22.5 Å². The molecule has 0 spiro atoms. The monoisotopic (exact) mass is 432 g/mol. The Hall–Kier alpha value is -4.14. The second-order valence-electron chi connectivity index (χ2n) is 7.35. The normalized spacial score (nSPS) is 11.3. The molecule has 0 aliphatic heterocycles. The molecule has 0 radical (unpaired) electrons. The van der Waals surface area contributed by atoms with Crippen molar-refractivity contribution in [2.24, 2.45) is 0 Å². The van der Waals surface area contributed by atoms with Gasteiger partial charge in [0.05, 0.1) is 11.9 Å². The molecule has 7 nitrogen and oxygen atoms in total. The zero-order valence-electron chi connectivity index (χ0n) is 16.8. The largest absolute Gasteiger partial charge is 0.368 e. The maximum absolute atomic E-state index is 13.9. The minimum Gasteiger partial charge on any atom is -0.368 e. The molecule has 0 atom stereocenters. The number of hydrogen-bond acceptors (Lipinski definition) is 5. The first-order chi connectivity index (χ1) is 15.6. The highest BCUT2D eigenvalue weighted by atomic mass is 19.1. The minimum atomic E-state index is -0.517. The lowest BCUT2D eigenvalue weighted by molar-refractivity contribution is 0.618. The first-order valence-electron chi connectivity index (χ1n) is 10.1. The molecular weight excluding hydrogens is 414 g/mol. The van der Waals surface area contributed by atoms with Crippen molar-refractivity contribution < 1.29 is 8.78 Å². The molecule has 4 heterocycles. The van der Waals surface area contributed by atoms with E-state index in [0.29, 0.717) is 53.0 Å². The molecule has 0 saturated carbocycles. The van der Waals surface area contributed by atoms with E-state index in [1.165, 1.54) is 28.9 Å². The number of halogens is 2. The molecule has 0 aliphatic rings. The van der Waals surface area contributed by atoms with Gasteiger partial charge in [0.15, 0.2) is 11.5 Å². The molecule has 2 N–H and O–H groups in total. The number of aromatic amines is 1. The molecule has 9 heteroatoms. The highest BCUT2D eigenvalue weighted by molar-refractivity contribution is 5.81. The number of nitrogens with zero attached hydrogens (tertiary/aromatic N) is 4. The number of fused-ring (bicyclic) bond motifs is 2. The summed E-state index contributed by atoms with van der Waals surface area (Å²) >= 11 is 0. The van der Waals surface area contributed by atoms with Crippen LogP contribution in [0.1, 0.15) is 12.0 Å². The lowest BCUT2D eigenvalue weighted by Gasteiger charge is -2.13. The lowest BCUT2D eigenvalue weighted by Crippen LogP contribution is -2.19. The molecule has 0 aliphatic carbocycles. The molecule has 160 valence electrons. The molecular formula is C23H18F2N6O. The first kappa shape index (κ1) is 19.8. The number of H-pyrrole nitrogens is 1. The smallest absolute Gasteiger partial charge is 0.263 e. The summed E-state index contributed by atoms with van der Waals surface area (Å²) < 4.78 is 28.9. The highest BCUT2D eigenvalue weighted by Gasteiger charge is 2.14. The average molecular weight is 432 g/mol. The van der Waals surface area contributed by atoms with Gasteiger partial charge in [-0.05, 0) is 54.3 Å². The Morgan fingerprint density at radius 3 is 2.81 bits per heavy atom. The van der Waals surface area contributed by atoms with Crippen LogP contribution in [0.5, 0.6) is 0 Å². The van der Waals surface area contributed by atoms with Gasteiger partial charge in [-0.3, -0.25) is 9.20 Å². The fourth-order valence-electron chi connectivity index (χ4n) is 3.82. The van der Waals surface area contributed by atoms with Gasteiger partial charge in [0, 0.05) is 18.3 Å². The summed E-state index contributed by atoms with van der Waals surface area (Å²) in [5.74, 6) is -0.336. The fraction of sp³-hybridized carbons (Fsp3) is 0.130. The van der Waals surface area contributed by atoms with E-state index in [0.717, 1.165) is 11.8 Å². The quantitative estimate of drug-likeness (QED) is 0.397. The zero-order valence-corrected chi connectivity index (χ0v) is 16.8. The molecule has 0 amide bonds. The molecule has 4 aromatic heterocycles. The summed E-state index contributed by atoms with van der Waals surface area (Å²) in [5.41, 5.74) is 3.08. The summed E-state index contributed by atoms with van der Waals surface area (Å²) in [6, 6.07) is 10.6. The van der Waals surface area contributed by atoms with E-state index < -0.39 is 11.6 Å². The van der Waals surface area contributed by atoms with Gasteiger partial charge in [-0.1, -0.05) is 12.1 Å². The van der Waals surface area contributed by atoms with E-state index in [-0.39, 0.29) is 5.56 Å². The SMILES string of the molecule is O=c1c(-c2cccc(F)c2)c(CCCNc2ncnc3[nH]cnc23)cc2ccc(F)cn12. The van der Waals surface area contributed by atoms with Gasteiger partial charge in [0.25, 0.3) is 5.56 Å². The van der Waals surface area contributed by atoms with Crippen molar-refractivity contribution in [1.82, 2.24) is 24.3 Å².